The Balaban J connectivity index is 2.32. The van der Waals surface area contributed by atoms with Crippen molar-refractivity contribution in [1.82, 2.24) is 4.90 Å². The van der Waals surface area contributed by atoms with Crippen LogP contribution in [0.2, 0.25) is 0 Å². The Morgan fingerprint density at radius 2 is 1.79 bits per heavy atom. The number of amides is 1. The molecule has 4 heteroatoms. The summed E-state index contributed by atoms with van der Waals surface area (Å²) >= 11 is 0. The van der Waals surface area contributed by atoms with E-state index in [1.807, 2.05) is 0 Å². The van der Waals surface area contributed by atoms with Crippen molar-refractivity contribution in [1.29, 1.82) is 0 Å². The topological polar surface area (TPSA) is 55.6 Å². The molecule has 112 valence electrons. The van der Waals surface area contributed by atoms with Crippen molar-refractivity contribution in [2.45, 2.75) is 58.0 Å². The highest BCUT2D eigenvalue weighted by atomic mass is 16.5. The lowest BCUT2D eigenvalue weighted by atomic mass is 9.71. The van der Waals surface area contributed by atoms with E-state index in [-0.39, 0.29) is 11.5 Å². The van der Waals surface area contributed by atoms with E-state index in [2.05, 4.69) is 13.8 Å². The molecule has 19 heavy (non-hydrogen) atoms. The molecule has 4 nitrogen and oxygen atoms in total. The van der Waals surface area contributed by atoms with Crippen molar-refractivity contribution in [3.05, 3.63) is 0 Å². The number of rotatable bonds is 6. The number of hydrogen-bond acceptors (Lipinski definition) is 3. The first kappa shape index (κ1) is 16.4. The fraction of sp³-hybridized carbons (Fsp3) is 0.933. The molecule has 0 radical (unpaired) electrons. The van der Waals surface area contributed by atoms with Crippen LogP contribution in [0.4, 0.5) is 0 Å². The Hall–Kier alpha value is -0.610. The van der Waals surface area contributed by atoms with Gasteiger partial charge in [0.05, 0.1) is 5.60 Å². The summed E-state index contributed by atoms with van der Waals surface area (Å²) in [5, 5.41) is 0. The molecule has 2 N–H and O–H groups in total. The fourth-order valence-corrected chi connectivity index (χ4v) is 2.53. The van der Waals surface area contributed by atoms with Gasteiger partial charge in [-0.05, 0) is 37.5 Å². The highest BCUT2D eigenvalue weighted by Crippen LogP contribution is 2.41. The zero-order chi connectivity index (χ0) is 14.5. The fourth-order valence-electron chi connectivity index (χ4n) is 2.53. The third-order valence-corrected chi connectivity index (χ3v) is 4.33. The first-order valence-corrected chi connectivity index (χ1v) is 7.34. The molecule has 0 aromatic carbocycles. The van der Waals surface area contributed by atoms with E-state index in [0.717, 1.165) is 19.3 Å². The summed E-state index contributed by atoms with van der Waals surface area (Å²) < 4.78 is 6.05. The van der Waals surface area contributed by atoms with Gasteiger partial charge in [0.2, 0.25) is 5.91 Å². The normalized spacial score (nSPS) is 21.1. The van der Waals surface area contributed by atoms with E-state index in [1.165, 1.54) is 12.8 Å². The van der Waals surface area contributed by atoms with E-state index in [1.54, 1.807) is 19.0 Å². The Morgan fingerprint density at radius 1 is 1.21 bits per heavy atom. The van der Waals surface area contributed by atoms with Crippen molar-refractivity contribution < 1.29 is 9.53 Å². The summed E-state index contributed by atoms with van der Waals surface area (Å²) in [5.74, 6) is 0.162. The summed E-state index contributed by atoms with van der Waals surface area (Å²) in [4.78, 5) is 13.1. The summed E-state index contributed by atoms with van der Waals surface area (Å²) in [6, 6.07) is 0. The van der Waals surface area contributed by atoms with Crippen molar-refractivity contribution in [3.8, 4) is 0 Å². The van der Waals surface area contributed by atoms with Gasteiger partial charge in [0.1, 0.15) is 0 Å². The maximum atomic E-state index is 11.5. The molecule has 0 spiro atoms. The first-order valence-electron chi connectivity index (χ1n) is 7.34. The second-order valence-electron chi connectivity index (χ2n) is 6.79. The molecule has 1 aliphatic rings. The third kappa shape index (κ3) is 5.11. The summed E-state index contributed by atoms with van der Waals surface area (Å²) in [6.45, 7) is 5.84. The number of nitrogens with two attached hydrogens (primary N) is 1. The highest BCUT2D eigenvalue weighted by Gasteiger charge is 2.38. The van der Waals surface area contributed by atoms with Crippen LogP contribution in [0.5, 0.6) is 0 Å². The minimum Gasteiger partial charge on any atom is -0.374 e. The van der Waals surface area contributed by atoms with E-state index < -0.39 is 0 Å². The smallest absolute Gasteiger partial charge is 0.222 e. The summed E-state index contributed by atoms with van der Waals surface area (Å²) in [6.07, 6.45) is 5.75. The second kappa shape index (κ2) is 6.71. The van der Waals surface area contributed by atoms with Gasteiger partial charge in [0, 0.05) is 33.7 Å². The van der Waals surface area contributed by atoms with Crippen molar-refractivity contribution in [3.63, 3.8) is 0 Å². The van der Waals surface area contributed by atoms with Crippen LogP contribution in [0.25, 0.3) is 0 Å². The molecule has 1 saturated carbocycles. The second-order valence-corrected chi connectivity index (χ2v) is 6.79. The van der Waals surface area contributed by atoms with Crippen molar-refractivity contribution in [2.75, 3.05) is 27.2 Å². The molecular formula is C15H30N2O2. The zero-order valence-corrected chi connectivity index (χ0v) is 13.0. The predicted octanol–water partition coefficient (Wildman–Crippen LogP) is 2.17. The van der Waals surface area contributed by atoms with E-state index >= 15 is 0 Å². The van der Waals surface area contributed by atoms with E-state index in [4.69, 9.17) is 10.5 Å². The highest BCUT2D eigenvalue weighted by molar-refractivity contribution is 5.75. The molecular weight excluding hydrogens is 240 g/mol. The lowest BCUT2D eigenvalue weighted by Crippen LogP contribution is -2.45. The average molecular weight is 270 g/mol. The van der Waals surface area contributed by atoms with Gasteiger partial charge in [-0.1, -0.05) is 13.8 Å². The van der Waals surface area contributed by atoms with E-state index in [9.17, 15) is 4.79 Å². The number of hydrogen-bond donors (Lipinski definition) is 1. The molecule has 0 heterocycles. The Morgan fingerprint density at radius 3 is 2.26 bits per heavy atom. The SMILES string of the molecule is CN(C)C(=O)CCCOC1(CN)CCC(C)(C)CC1. The van der Waals surface area contributed by atoms with Crippen LogP contribution in [0, 0.1) is 5.41 Å². The lowest BCUT2D eigenvalue weighted by molar-refractivity contribution is -0.130. The largest absolute Gasteiger partial charge is 0.374 e. The summed E-state index contributed by atoms with van der Waals surface area (Å²) in [5.41, 5.74) is 6.19. The van der Waals surface area contributed by atoms with Crippen LogP contribution in [0.15, 0.2) is 0 Å². The number of ether oxygens (including phenoxy) is 1. The quantitative estimate of drug-likeness (QED) is 0.753. The van der Waals surface area contributed by atoms with Crippen LogP contribution in [-0.4, -0.2) is 43.7 Å². The van der Waals surface area contributed by atoms with Crippen LogP contribution < -0.4 is 5.73 Å². The van der Waals surface area contributed by atoms with Crippen LogP contribution in [0.3, 0.4) is 0 Å². The predicted molar refractivity (Wildman–Crippen MR) is 77.9 cm³/mol. The zero-order valence-electron chi connectivity index (χ0n) is 13.0. The molecule has 1 amide bonds. The molecule has 0 unspecified atom stereocenters. The number of carbonyl (C=O) groups is 1. The van der Waals surface area contributed by atoms with Crippen LogP contribution in [-0.2, 0) is 9.53 Å². The molecule has 1 rings (SSSR count). The maximum absolute atomic E-state index is 11.5. The van der Waals surface area contributed by atoms with Gasteiger partial charge in [-0.15, -0.1) is 0 Å². The number of nitrogens with zero attached hydrogens (tertiary/aromatic N) is 1. The van der Waals surface area contributed by atoms with Gasteiger partial charge in [0.25, 0.3) is 0 Å². The van der Waals surface area contributed by atoms with Gasteiger partial charge in [-0.2, -0.15) is 0 Å². The molecule has 0 aliphatic heterocycles. The molecule has 0 aromatic heterocycles. The Labute approximate surface area is 117 Å². The molecule has 0 saturated heterocycles. The molecule has 0 bridgehead atoms. The monoisotopic (exact) mass is 270 g/mol. The molecule has 1 fully saturated rings. The van der Waals surface area contributed by atoms with Gasteiger partial charge in [-0.3, -0.25) is 4.79 Å². The average Bonchev–Trinajstić information content (AvgIpc) is 2.36. The lowest BCUT2D eigenvalue weighted by Gasteiger charge is -2.42. The minimum atomic E-state index is -0.142. The van der Waals surface area contributed by atoms with Crippen LogP contribution in [0.1, 0.15) is 52.4 Å². The van der Waals surface area contributed by atoms with Crippen molar-refractivity contribution >= 4 is 5.91 Å². The van der Waals surface area contributed by atoms with Gasteiger partial charge in [0.15, 0.2) is 0 Å². The van der Waals surface area contributed by atoms with Gasteiger partial charge >= 0.3 is 0 Å². The third-order valence-electron chi connectivity index (χ3n) is 4.33. The molecule has 1 aliphatic carbocycles. The van der Waals surface area contributed by atoms with Crippen LogP contribution >= 0.6 is 0 Å². The van der Waals surface area contributed by atoms with Gasteiger partial charge in [-0.25, -0.2) is 0 Å². The summed E-state index contributed by atoms with van der Waals surface area (Å²) in [7, 11) is 3.57. The van der Waals surface area contributed by atoms with Gasteiger partial charge < -0.3 is 15.4 Å². The first-order chi connectivity index (χ1) is 8.80. The maximum Gasteiger partial charge on any atom is 0.222 e. The minimum absolute atomic E-state index is 0.142. The Kier molecular flexibility index (Phi) is 5.81. The molecule has 0 atom stereocenters. The standard InChI is InChI=1S/C15H30N2O2/c1-14(2)7-9-15(12-16,10-8-14)19-11-5-6-13(18)17(3)4/h5-12,16H2,1-4H3. The number of carbonyl (C=O) groups excluding carboxylic acids is 1. The molecule has 0 aromatic rings. The Bertz CT molecular complexity index is 291. The van der Waals surface area contributed by atoms with Crippen molar-refractivity contribution in [2.24, 2.45) is 11.1 Å². The van der Waals surface area contributed by atoms with E-state index in [0.29, 0.717) is 25.0 Å².